The van der Waals surface area contributed by atoms with E-state index in [1.807, 2.05) is 32.0 Å². The third-order valence-electron chi connectivity index (χ3n) is 4.52. The van der Waals surface area contributed by atoms with Gasteiger partial charge in [-0.15, -0.1) is 0 Å². The number of morpholine rings is 1. The molecule has 1 saturated heterocycles. The summed E-state index contributed by atoms with van der Waals surface area (Å²) in [5.74, 6) is 0.662. The quantitative estimate of drug-likeness (QED) is 0.869. The third-order valence-corrected chi connectivity index (χ3v) is 5.88. The number of methoxy groups -OCH3 is 1. The molecule has 0 unspecified atom stereocenters. The van der Waals surface area contributed by atoms with E-state index in [4.69, 9.17) is 9.47 Å². The fourth-order valence-corrected chi connectivity index (χ4v) is 4.17. The van der Waals surface area contributed by atoms with E-state index in [1.165, 1.54) is 0 Å². The van der Waals surface area contributed by atoms with Crippen molar-refractivity contribution < 1.29 is 17.9 Å². The summed E-state index contributed by atoms with van der Waals surface area (Å²) in [5.41, 5.74) is 3.22. The summed E-state index contributed by atoms with van der Waals surface area (Å²) in [4.78, 5) is 2.41. The van der Waals surface area contributed by atoms with Gasteiger partial charge in [0.1, 0.15) is 5.75 Å². The highest BCUT2D eigenvalue weighted by Crippen LogP contribution is 2.28. The molecule has 2 aromatic rings. The van der Waals surface area contributed by atoms with Crippen LogP contribution in [0.1, 0.15) is 11.1 Å². The Morgan fingerprint density at radius 1 is 1.04 bits per heavy atom. The first-order chi connectivity index (χ1) is 12.4. The number of sulfonamides is 1. The lowest BCUT2D eigenvalue weighted by atomic mass is 10.1. The number of hydrogen-bond acceptors (Lipinski definition) is 5. The van der Waals surface area contributed by atoms with Gasteiger partial charge in [0, 0.05) is 18.8 Å². The molecule has 26 heavy (non-hydrogen) atoms. The number of hydrogen-bond donors (Lipinski definition) is 1. The zero-order valence-electron chi connectivity index (χ0n) is 15.3. The molecule has 0 aliphatic carbocycles. The summed E-state index contributed by atoms with van der Waals surface area (Å²) in [6.45, 7) is 6.67. The van der Waals surface area contributed by atoms with E-state index in [0.29, 0.717) is 24.7 Å². The average molecular weight is 376 g/mol. The van der Waals surface area contributed by atoms with Crippen LogP contribution >= 0.6 is 0 Å². The minimum atomic E-state index is -3.68. The molecule has 0 amide bonds. The van der Waals surface area contributed by atoms with Crippen molar-refractivity contribution in [3.8, 4) is 5.75 Å². The maximum atomic E-state index is 12.8. The summed E-state index contributed by atoms with van der Waals surface area (Å²) in [6, 6.07) is 10.7. The highest BCUT2D eigenvalue weighted by atomic mass is 32.2. The Morgan fingerprint density at radius 3 is 2.42 bits per heavy atom. The van der Waals surface area contributed by atoms with E-state index in [1.54, 1.807) is 25.3 Å². The van der Waals surface area contributed by atoms with E-state index in [2.05, 4.69) is 9.62 Å². The number of aryl methyl sites for hydroxylation is 2. The van der Waals surface area contributed by atoms with Gasteiger partial charge < -0.3 is 14.4 Å². The van der Waals surface area contributed by atoms with Gasteiger partial charge in [-0.3, -0.25) is 4.72 Å². The van der Waals surface area contributed by atoms with Crippen LogP contribution in [0.3, 0.4) is 0 Å². The van der Waals surface area contributed by atoms with Gasteiger partial charge in [0.15, 0.2) is 0 Å². The molecule has 0 atom stereocenters. The first kappa shape index (κ1) is 18.5. The lowest BCUT2D eigenvalue weighted by Crippen LogP contribution is -2.36. The number of benzene rings is 2. The summed E-state index contributed by atoms with van der Waals surface area (Å²) in [5, 5.41) is 0. The van der Waals surface area contributed by atoms with Crippen molar-refractivity contribution in [2.45, 2.75) is 18.7 Å². The first-order valence-corrected chi connectivity index (χ1v) is 10.00. The van der Waals surface area contributed by atoms with Crippen molar-refractivity contribution in [2.75, 3.05) is 43.0 Å². The molecule has 0 spiro atoms. The Kier molecular flexibility index (Phi) is 5.38. The van der Waals surface area contributed by atoms with Crippen molar-refractivity contribution in [1.29, 1.82) is 0 Å². The normalized spacial score (nSPS) is 15.0. The van der Waals surface area contributed by atoms with E-state index in [-0.39, 0.29) is 4.90 Å². The van der Waals surface area contributed by atoms with Crippen LogP contribution in [0, 0.1) is 13.8 Å². The second kappa shape index (κ2) is 7.55. The van der Waals surface area contributed by atoms with E-state index < -0.39 is 10.0 Å². The third kappa shape index (κ3) is 3.94. The van der Waals surface area contributed by atoms with Crippen molar-refractivity contribution >= 4 is 21.4 Å². The van der Waals surface area contributed by atoms with Gasteiger partial charge in [-0.1, -0.05) is 6.07 Å². The molecule has 140 valence electrons. The summed E-state index contributed by atoms with van der Waals surface area (Å²) in [6.07, 6.45) is 0. The van der Waals surface area contributed by atoms with Gasteiger partial charge in [0.25, 0.3) is 10.0 Å². The van der Waals surface area contributed by atoms with Gasteiger partial charge in [0.2, 0.25) is 0 Å². The highest BCUT2D eigenvalue weighted by Gasteiger charge is 2.18. The fourth-order valence-electron chi connectivity index (χ4n) is 2.96. The van der Waals surface area contributed by atoms with Crippen LogP contribution in [0.2, 0.25) is 0 Å². The number of nitrogens with zero attached hydrogens (tertiary/aromatic N) is 1. The van der Waals surface area contributed by atoms with Crippen LogP contribution in [-0.4, -0.2) is 41.8 Å². The monoisotopic (exact) mass is 376 g/mol. The van der Waals surface area contributed by atoms with Crippen molar-refractivity contribution in [3.63, 3.8) is 0 Å². The van der Waals surface area contributed by atoms with Gasteiger partial charge in [-0.2, -0.15) is 0 Å². The Hall–Kier alpha value is -2.25. The fraction of sp³-hybridized carbons (Fsp3) is 0.368. The summed E-state index contributed by atoms with van der Waals surface area (Å²) in [7, 11) is -2.11. The molecule has 0 aromatic heterocycles. The zero-order valence-corrected chi connectivity index (χ0v) is 16.1. The maximum absolute atomic E-state index is 12.8. The largest absolute Gasteiger partial charge is 0.496 e. The maximum Gasteiger partial charge on any atom is 0.261 e. The number of rotatable bonds is 5. The molecule has 1 aliphatic rings. The minimum Gasteiger partial charge on any atom is -0.496 e. The van der Waals surface area contributed by atoms with Crippen LogP contribution in [-0.2, 0) is 14.8 Å². The van der Waals surface area contributed by atoms with Gasteiger partial charge in [-0.05, 0) is 55.3 Å². The number of nitrogens with one attached hydrogen (secondary N) is 1. The van der Waals surface area contributed by atoms with Crippen LogP contribution in [0.15, 0.2) is 41.3 Å². The molecule has 0 saturated carbocycles. The van der Waals surface area contributed by atoms with Crippen LogP contribution in [0.25, 0.3) is 0 Å². The van der Waals surface area contributed by atoms with Crippen LogP contribution < -0.4 is 14.4 Å². The molecular formula is C19H24N2O4S. The number of ether oxygens (including phenoxy) is 2. The SMILES string of the molecule is COc1ccc(S(=O)(=O)Nc2cc(N3CCOCC3)ccc2C)cc1C. The van der Waals surface area contributed by atoms with Crippen LogP contribution in [0.4, 0.5) is 11.4 Å². The van der Waals surface area contributed by atoms with Crippen LogP contribution in [0.5, 0.6) is 5.75 Å². The Morgan fingerprint density at radius 2 is 1.77 bits per heavy atom. The molecule has 1 fully saturated rings. The van der Waals surface area contributed by atoms with Crippen molar-refractivity contribution in [1.82, 2.24) is 0 Å². The smallest absolute Gasteiger partial charge is 0.261 e. The predicted octanol–water partition coefficient (Wildman–Crippen LogP) is 2.95. The Balaban J connectivity index is 1.88. The lowest BCUT2D eigenvalue weighted by molar-refractivity contribution is 0.122. The molecule has 6 nitrogen and oxygen atoms in total. The van der Waals surface area contributed by atoms with Gasteiger partial charge in [0.05, 0.1) is 30.9 Å². The molecule has 0 bridgehead atoms. The average Bonchev–Trinajstić information content (AvgIpc) is 2.64. The number of anilines is 2. The molecule has 2 aromatic carbocycles. The standard InChI is InChI=1S/C19H24N2O4S/c1-14-4-5-16(21-8-10-25-11-9-21)13-18(14)20-26(22,23)17-6-7-19(24-3)15(2)12-17/h4-7,12-13,20H,8-11H2,1-3H3. The van der Waals surface area contributed by atoms with Gasteiger partial charge >= 0.3 is 0 Å². The zero-order chi connectivity index (χ0) is 18.7. The Bertz CT molecular complexity index is 890. The molecule has 0 radical (unpaired) electrons. The Labute approximate surface area is 154 Å². The van der Waals surface area contributed by atoms with E-state index in [9.17, 15) is 8.42 Å². The van der Waals surface area contributed by atoms with Crippen molar-refractivity contribution in [2.24, 2.45) is 0 Å². The molecule has 1 heterocycles. The molecule has 1 aliphatic heterocycles. The minimum absolute atomic E-state index is 0.215. The summed E-state index contributed by atoms with van der Waals surface area (Å²) < 4.78 is 38.9. The molecule has 3 rings (SSSR count). The summed E-state index contributed by atoms with van der Waals surface area (Å²) >= 11 is 0. The molecule has 7 heteroatoms. The van der Waals surface area contributed by atoms with E-state index in [0.717, 1.165) is 29.9 Å². The predicted molar refractivity (Wildman–Crippen MR) is 103 cm³/mol. The lowest BCUT2D eigenvalue weighted by Gasteiger charge is -2.29. The highest BCUT2D eigenvalue weighted by molar-refractivity contribution is 7.92. The topological polar surface area (TPSA) is 67.9 Å². The van der Waals surface area contributed by atoms with E-state index >= 15 is 0 Å². The second-order valence-corrected chi connectivity index (χ2v) is 8.02. The van der Waals surface area contributed by atoms with Gasteiger partial charge in [-0.25, -0.2) is 8.42 Å². The molecule has 1 N–H and O–H groups in total. The molecular weight excluding hydrogens is 352 g/mol. The first-order valence-electron chi connectivity index (χ1n) is 8.51. The van der Waals surface area contributed by atoms with Crippen molar-refractivity contribution in [3.05, 3.63) is 47.5 Å². The second-order valence-electron chi connectivity index (χ2n) is 6.34.